The zero-order valence-electron chi connectivity index (χ0n) is 12.9. The number of hydrogen-bond donors (Lipinski definition) is 0. The van der Waals surface area contributed by atoms with Gasteiger partial charge >= 0.3 is 6.09 Å². The number of carbonyl (C=O) groups excluding carboxylic acids is 1. The molecule has 22 heavy (non-hydrogen) atoms. The molecule has 2 heterocycles. The van der Waals surface area contributed by atoms with Gasteiger partial charge in [-0.05, 0) is 49.2 Å². The third-order valence-electron chi connectivity index (χ3n) is 3.19. The van der Waals surface area contributed by atoms with Crippen molar-refractivity contribution in [2.45, 2.75) is 32.8 Å². The number of aromatic nitrogens is 1. The standard InChI is InChI=1S/C15H20BrClN2O3/c1-15(2,3)22-14(20)19-5-4-10(8-19)9-21-12-6-11(16)7-18-13(12)17/h6-7,10H,4-5,8-9H2,1-3H3/t10-/m1/s1. The van der Waals surface area contributed by atoms with E-state index in [0.29, 0.717) is 30.6 Å². The number of pyridine rings is 1. The fourth-order valence-electron chi connectivity index (χ4n) is 2.17. The number of hydrogen-bond acceptors (Lipinski definition) is 4. The predicted molar refractivity (Wildman–Crippen MR) is 88.4 cm³/mol. The second-order valence-electron chi connectivity index (χ2n) is 6.33. The van der Waals surface area contributed by atoms with Crippen LogP contribution in [0.2, 0.25) is 5.15 Å². The molecule has 1 amide bonds. The molecule has 1 saturated heterocycles. The van der Waals surface area contributed by atoms with E-state index >= 15 is 0 Å². The van der Waals surface area contributed by atoms with Crippen LogP contribution in [0.1, 0.15) is 27.2 Å². The van der Waals surface area contributed by atoms with Crippen LogP contribution in [-0.2, 0) is 4.74 Å². The Bertz CT molecular complexity index is 548. The Hall–Kier alpha value is -1.01. The summed E-state index contributed by atoms with van der Waals surface area (Å²) in [4.78, 5) is 17.7. The number of ether oxygens (including phenoxy) is 2. The number of rotatable bonds is 3. The van der Waals surface area contributed by atoms with Gasteiger partial charge in [-0.3, -0.25) is 0 Å². The molecule has 1 atom stereocenters. The maximum absolute atomic E-state index is 12.0. The minimum atomic E-state index is -0.471. The Morgan fingerprint density at radius 1 is 1.55 bits per heavy atom. The monoisotopic (exact) mass is 390 g/mol. The largest absolute Gasteiger partial charge is 0.490 e. The zero-order chi connectivity index (χ0) is 16.3. The van der Waals surface area contributed by atoms with Crippen molar-refractivity contribution in [2.75, 3.05) is 19.7 Å². The first-order chi connectivity index (χ1) is 10.2. The van der Waals surface area contributed by atoms with Crippen LogP contribution in [0.4, 0.5) is 4.79 Å². The first-order valence-corrected chi connectivity index (χ1v) is 8.33. The maximum atomic E-state index is 12.0. The summed E-state index contributed by atoms with van der Waals surface area (Å²) in [7, 11) is 0. The minimum Gasteiger partial charge on any atom is -0.490 e. The minimum absolute atomic E-state index is 0.266. The Labute approximate surface area is 144 Å². The van der Waals surface area contributed by atoms with E-state index in [2.05, 4.69) is 20.9 Å². The molecule has 0 N–H and O–H groups in total. The zero-order valence-corrected chi connectivity index (χ0v) is 15.3. The Kier molecular flexibility index (Phi) is 5.55. The van der Waals surface area contributed by atoms with Gasteiger partial charge in [0.1, 0.15) is 5.60 Å². The Morgan fingerprint density at radius 2 is 2.27 bits per heavy atom. The molecule has 7 heteroatoms. The van der Waals surface area contributed by atoms with Crippen molar-refractivity contribution >= 4 is 33.6 Å². The normalized spacial score (nSPS) is 18.4. The summed E-state index contributed by atoms with van der Waals surface area (Å²) in [6.45, 7) is 7.41. The number of likely N-dealkylation sites (tertiary alicyclic amines) is 1. The Balaban J connectivity index is 1.84. The Morgan fingerprint density at radius 3 is 2.95 bits per heavy atom. The van der Waals surface area contributed by atoms with Gasteiger partial charge in [0.15, 0.2) is 10.9 Å². The highest BCUT2D eigenvalue weighted by Gasteiger charge is 2.30. The molecule has 0 spiro atoms. The van der Waals surface area contributed by atoms with Crippen LogP contribution in [0.3, 0.4) is 0 Å². The molecule has 0 bridgehead atoms. The maximum Gasteiger partial charge on any atom is 0.410 e. The summed E-state index contributed by atoms with van der Waals surface area (Å²) in [5.74, 6) is 0.814. The molecule has 0 radical (unpaired) electrons. The fourth-order valence-corrected chi connectivity index (χ4v) is 2.64. The molecular formula is C15H20BrClN2O3. The number of nitrogens with zero attached hydrogens (tertiary/aromatic N) is 2. The van der Waals surface area contributed by atoms with E-state index < -0.39 is 5.60 Å². The second kappa shape index (κ2) is 7.04. The van der Waals surface area contributed by atoms with Crippen molar-refractivity contribution in [1.29, 1.82) is 0 Å². The molecule has 122 valence electrons. The van der Waals surface area contributed by atoms with Crippen molar-refractivity contribution < 1.29 is 14.3 Å². The van der Waals surface area contributed by atoms with E-state index in [1.165, 1.54) is 0 Å². The first-order valence-electron chi connectivity index (χ1n) is 7.16. The first kappa shape index (κ1) is 17.3. The second-order valence-corrected chi connectivity index (χ2v) is 7.61. The number of amides is 1. The van der Waals surface area contributed by atoms with Crippen LogP contribution >= 0.6 is 27.5 Å². The van der Waals surface area contributed by atoms with Crippen LogP contribution < -0.4 is 4.74 Å². The molecule has 1 fully saturated rings. The van der Waals surface area contributed by atoms with Gasteiger partial charge in [0, 0.05) is 29.7 Å². The van der Waals surface area contributed by atoms with Gasteiger partial charge in [-0.1, -0.05) is 11.6 Å². The highest BCUT2D eigenvalue weighted by molar-refractivity contribution is 9.10. The van der Waals surface area contributed by atoms with Crippen molar-refractivity contribution in [1.82, 2.24) is 9.88 Å². The van der Waals surface area contributed by atoms with Gasteiger partial charge in [-0.2, -0.15) is 0 Å². The van der Waals surface area contributed by atoms with E-state index in [1.54, 1.807) is 17.2 Å². The predicted octanol–water partition coefficient (Wildman–Crippen LogP) is 4.13. The lowest BCUT2D eigenvalue weighted by Crippen LogP contribution is -2.35. The number of carbonyl (C=O) groups is 1. The quantitative estimate of drug-likeness (QED) is 0.727. The molecule has 0 aromatic carbocycles. The third-order valence-corrected chi connectivity index (χ3v) is 3.90. The average molecular weight is 392 g/mol. The molecule has 2 rings (SSSR count). The lowest BCUT2D eigenvalue weighted by molar-refractivity contribution is 0.0285. The van der Waals surface area contributed by atoms with E-state index in [-0.39, 0.29) is 12.0 Å². The number of halogens is 2. The van der Waals surface area contributed by atoms with E-state index in [1.807, 2.05) is 20.8 Å². The van der Waals surface area contributed by atoms with Gasteiger partial charge < -0.3 is 14.4 Å². The molecule has 0 aliphatic carbocycles. The molecule has 0 unspecified atom stereocenters. The summed E-state index contributed by atoms with van der Waals surface area (Å²) in [6.07, 6.45) is 2.24. The SMILES string of the molecule is CC(C)(C)OC(=O)N1CC[C@@H](COc2cc(Br)cnc2Cl)C1. The van der Waals surface area contributed by atoms with Crippen LogP contribution in [0.5, 0.6) is 5.75 Å². The summed E-state index contributed by atoms with van der Waals surface area (Å²) < 4.78 is 11.9. The fraction of sp³-hybridized carbons (Fsp3) is 0.600. The molecule has 0 saturated carbocycles. The van der Waals surface area contributed by atoms with Crippen LogP contribution in [-0.4, -0.2) is 41.3 Å². The molecule has 5 nitrogen and oxygen atoms in total. The summed E-state index contributed by atoms with van der Waals surface area (Å²) in [5, 5.41) is 0.338. The third kappa shape index (κ3) is 5.02. The molecular weight excluding hydrogens is 372 g/mol. The van der Waals surface area contributed by atoms with Crippen molar-refractivity contribution in [2.24, 2.45) is 5.92 Å². The molecule has 1 aliphatic heterocycles. The van der Waals surface area contributed by atoms with E-state index in [0.717, 1.165) is 10.9 Å². The molecule has 1 aliphatic rings. The topological polar surface area (TPSA) is 51.7 Å². The van der Waals surface area contributed by atoms with Gasteiger partial charge in [0.2, 0.25) is 0 Å². The molecule has 1 aromatic rings. The van der Waals surface area contributed by atoms with Gasteiger partial charge in [-0.25, -0.2) is 9.78 Å². The average Bonchev–Trinajstić information content (AvgIpc) is 2.87. The van der Waals surface area contributed by atoms with Gasteiger partial charge in [-0.15, -0.1) is 0 Å². The van der Waals surface area contributed by atoms with Crippen molar-refractivity contribution in [3.63, 3.8) is 0 Å². The van der Waals surface area contributed by atoms with Crippen molar-refractivity contribution in [3.8, 4) is 5.75 Å². The molecule has 1 aromatic heterocycles. The van der Waals surface area contributed by atoms with E-state index in [4.69, 9.17) is 21.1 Å². The van der Waals surface area contributed by atoms with Crippen LogP contribution in [0.25, 0.3) is 0 Å². The lowest BCUT2D eigenvalue weighted by atomic mass is 10.1. The highest BCUT2D eigenvalue weighted by Crippen LogP contribution is 2.27. The van der Waals surface area contributed by atoms with Crippen molar-refractivity contribution in [3.05, 3.63) is 21.9 Å². The van der Waals surface area contributed by atoms with Crippen LogP contribution in [0, 0.1) is 5.92 Å². The summed E-state index contributed by atoms with van der Waals surface area (Å²) in [5.41, 5.74) is -0.471. The highest BCUT2D eigenvalue weighted by atomic mass is 79.9. The van der Waals surface area contributed by atoms with E-state index in [9.17, 15) is 4.79 Å². The summed E-state index contributed by atoms with van der Waals surface area (Å²) >= 11 is 9.33. The lowest BCUT2D eigenvalue weighted by Gasteiger charge is -2.24. The van der Waals surface area contributed by atoms with Gasteiger partial charge in [0.25, 0.3) is 0 Å². The van der Waals surface area contributed by atoms with Gasteiger partial charge in [0.05, 0.1) is 6.61 Å². The smallest absolute Gasteiger partial charge is 0.410 e. The van der Waals surface area contributed by atoms with Crippen LogP contribution in [0.15, 0.2) is 16.7 Å². The summed E-state index contributed by atoms with van der Waals surface area (Å²) in [6, 6.07) is 1.79.